The van der Waals surface area contributed by atoms with Crippen LogP contribution in [0.25, 0.3) is 0 Å². The quantitative estimate of drug-likeness (QED) is 0.813. The van der Waals surface area contributed by atoms with Crippen molar-refractivity contribution in [2.45, 2.75) is 84.2 Å². The fourth-order valence-corrected chi connectivity index (χ4v) is 4.82. The normalized spacial score (nSPS) is 36.9. The highest BCUT2D eigenvalue weighted by Crippen LogP contribution is 2.39. The average molecular weight is 295 g/mol. The molecule has 124 valence electrons. The summed E-state index contributed by atoms with van der Waals surface area (Å²) in [5, 5.41) is 3.59. The molecule has 0 saturated heterocycles. The molecule has 0 bridgehead atoms. The van der Waals surface area contributed by atoms with E-state index < -0.39 is 0 Å². The van der Waals surface area contributed by atoms with Gasteiger partial charge in [0.05, 0.1) is 0 Å². The van der Waals surface area contributed by atoms with Crippen molar-refractivity contribution >= 4 is 0 Å². The molecule has 1 N–H and O–H groups in total. The van der Waals surface area contributed by atoms with Crippen molar-refractivity contribution in [2.75, 3.05) is 20.6 Å². The van der Waals surface area contributed by atoms with E-state index in [9.17, 15) is 0 Å². The first-order valence-electron chi connectivity index (χ1n) is 9.32. The summed E-state index contributed by atoms with van der Waals surface area (Å²) in [7, 11) is 4.54. The Bertz CT molecular complexity index is 305. The molecule has 0 heterocycles. The Morgan fingerprint density at radius 3 is 2.33 bits per heavy atom. The molecule has 2 aliphatic carbocycles. The van der Waals surface area contributed by atoms with Crippen LogP contribution in [0.5, 0.6) is 0 Å². The Morgan fingerprint density at radius 1 is 1.10 bits per heavy atom. The molecule has 2 heteroatoms. The first-order valence-corrected chi connectivity index (χ1v) is 9.32. The molecule has 2 unspecified atom stereocenters. The Balaban J connectivity index is 1.86. The topological polar surface area (TPSA) is 15.3 Å². The molecular formula is C19H38N2. The third kappa shape index (κ3) is 4.69. The van der Waals surface area contributed by atoms with Gasteiger partial charge in [-0.3, -0.25) is 0 Å². The van der Waals surface area contributed by atoms with E-state index in [1.807, 2.05) is 0 Å². The van der Waals surface area contributed by atoms with Crippen molar-refractivity contribution in [1.82, 2.24) is 10.2 Å². The molecule has 0 aliphatic heterocycles. The molecule has 0 aromatic carbocycles. The monoisotopic (exact) mass is 294 g/mol. The smallest absolute Gasteiger partial charge is 0.0105 e. The first kappa shape index (κ1) is 17.3. The standard InChI is InChI=1S/C19H38N2/c1-6-15-7-9-17(10-8-15)21(5)14-16-13-19(2,3)12-11-18(16)20-4/h15-18,20H,6-14H2,1-5H3. The maximum absolute atomic E-state index is 3.59. The molecule has 0 aromatic rings. The summed E-state index contributed by atoms with van der Waals surface area (Å²) in [6.07, 6.45) is 11.3. The predicted octanol–water partition coefficient (Wildman–Crippen LogP) is 4.30. The van der Waals surface area contributed by atoms with Crippen molar-refractivity contribution in [3.05, 3.63) is 0 Å². The van der Waals surface area contributed by atoms with Gasteiger partial charge in [-0.15, -0.1) is 0 Å². The molecule has 0 spiro atoms. The first-order chi connectivity index (χ1) is 9.95. The van der Waals surface area contributed by atoms with Gasteiger partial charge in [-0.05, 0) is 76.3 Å². The van der Waals surface area contributed by atoms with Crippen LogP contribution in [-0.2, 0) is 0 Å². The van der Waals surface area contributed by atoms with Gasteiger partial charge in [-0.1, -0.05) is 27.2 Å². The third-order valence-electron chi connectivity index (χ3n) is 6.43. The number of hydrogen-bond acceptors (Lipinski definition) is 2. The zero-order valence-electron chi connectivity index (χ0n) is 15.1. The molecule has 0 amide bonds. The van der Waals surface area contributed by atoms with Crippen LogP contribution in [0.15, 0.2) is 0 Å². The lowest BCUT2D eigenvalue weighted by molar-refractivity contribution is 0.0815. The van der Waals surface area contributed by atoms with Crippen molar-refractivity contribution < 1.29 is 0 Å². The van der Waals surface area contributed by atoms with Crippen molar-refractivity contribution in [3.8, 4) is 0 Å². The van der Waals surface area contributed by atoms with E-state index in [4.69, 9.17) is 0 Å². The van der Waals surface area contributed by atoms with Gasteiger partial charge in [-0.2, -0.15) is 0 Å². The number of rotatable bonds is 5. The summed E-state index contributed by atoms with van der Waals surface area (Å²) in [4.78, 5) is 2.70. The Kier molecular flexibility index (Phi) is 6.14. The van der Waals surface area contributed by atoms with Crippen LogP contribution >= 0.6 is 0 Å². The summed E-state index contributed by atoms with van der Waals surface area (Å²) in [5.74, 6) is 1.83. The summed E-state index contributed by atoms with van der Waals surface area (Å²) < 4.78 is 0. The van der Waals surface area contributed by atoms with Gasteiger partial charge < -0.3 is 10.2 Å². The van der Waals surface area contributed by atoms with Gasteiger partial charge in [0.1, 0.15) is 0 Å². The minimum absolute atomic E-state index is 0.540. The van der Waals surface area contributed by atoms with Crippen LogP contribution < -0.4 is 5.32 Å². The largest absolute Gasteiger partial charge is 0.317 e. The fraction of sp³-hybridized carbons (Fsp3) is 1.00. The second kappa shape index (κ2) is 7.46. The Hall–Kier alpha value is -0.0800. The minimum Gasteiger partial charge on any atom is -0.317 e. The molecule has 0 aromatic heterocycles. The Labute approximate surface area is 133 Å². The van der Waals surface area contributed by atoms with E-state index in [0.717, 1.165) is 23.9 Å². The number of hydrogen-bond donors (Lipinski definition) is 1. The highest BCUT2D eigenvalue weighted by atomic mass is 15.1. The molecule has 2 atom stereocenters. The molecule has 2 fully saturated rings. The van der Waals surface area contributed by atoms with Crippen molar-refractivity contribution in [2.24, 2.45) is 17.3 Å². The van der Waals surface area contributed by atoms with Gasteiger partial charge >= 0.3 is 0 Å². The molecular weight excluding hydrogens is 256 g/mol. The molecule has 2 aliphatic rings. The lowest BCUT2D eigenvalue weighted by Crippen LogP contribution is -2.48. The second-order valence-corrected chi connectivity index (χ2v) is 8.58. The highest BCUT2D eigenvalue weighted by Gasteiger charge is 2.35. The van der Waals surface area contributed by atoms with Crippen LogP contribution in [0.1, 0.15) is 72.1 Å². The van der Waals surface area contributed by atoms with E-state index in [0.29, 0.717) is 5.41 Å². The minimum atomic E-state index is 0.540. The lowest BCUT2D eigenvalue weighted by Gasteiger charge is -2.44. The molecule has 2 saturated carbocycles. The highest BCUT2D eigenvalue weighted by molar-refractivity contribution is 4.90. The zero-order chi connectivity index (χ0) is 15.5. The molecule has 21 heavy (non-hydrogen) atoms. The van der Waals surface area contributed by atoms with Gasteiger partial charge in [0.15, 0.2) is 0 Å². The van der Waals surface area contributed by atoms with Crippen LogP contribution in [0, 0.1) is 17.3 Å². The van der Waals surface area contributed by atoms with Crippen molar-refractivity contribution in [1.29, 1.82) is 0 Å². The fourth-order valence-electron chi connectivity index (χ4n) is 4.82. The summed E-state index contributed by atoms with van der Waals surface area (Å²) in [5.41, 5.74) is 0.540. The maximum atomic E-state index is 3.59. The Morgan fingerprint density at radius 2 is 1.76 bits per heavy atom. The molecule has 0 radical (unpaired) electrons. The van der Waals surface area contributed by atoms with E-state index in [1.165, 1.54) is 57.9 Å². The maximum Gasteiger partial charge on any atom is 0.0105 e. The zero-order valence-corrected chi connectivity index (χ0v) is 15.1. The lowest BCUT2D eigenvalue weighted by atomic mass is 9.69. The van der Waals surface area contributed by atoms with E-state index in [2.05, 4.69) is 45.1 Å². The van der Waals surface area contributed by atoms with E-state index in [-0.39, 0.29) is 0 Å². The van der Waals surface area contributed by atoms with Crippen LogP contribution in [0.3, 0.4) is 0 Å². The summed E-state index contributed by atoms with van der Waals surface area (Å²) in [6, 6.07) is 1.57. The molecule has 2 nitrogen and oxygen atoms in total. The molecule has 2 rings (SSSR count). The van der Waals surface area contributed by atoms with Crippen LogP contribution in [0.4, 0.5) is 0 Å². The number of nitrogens with one attached hydrogen (secondary N) is 1. The van der Waals surface area contributed by atoms with Gasteiger partial charge in [0.25, 0.3) is 0 Å². The van der Waals surface area contributed by atoms with Crippen LogP contribution in [0.2, 0.25) is 0 Å². The SMILES string of the molecule is CCC1CCC(N(C)CC2CC(C)(C)CCC2NC)CC1. The van der Waals surface area contributed by atoms with E-state index >= 15 is 0 Å². The average Bonchev–Trinajstić information content (AvgIpc) is 2.47. The van der Waals surface area contributed by atoms with Crippen molar-refractivity contribution in [3.63, 3.8) is 0 Å². The van der Waals surface area contributed by atoms with Gasteiger partial charge in [0, 0.05) is 18.6 Å². The number of nitrogens with zero attached hydrogens (tertiary/aromatic N) is 1. The predicted molar refractivity (Wildman–Crippen MR) is 92.6 cm³/mol. The van der Waals surface area contributed by atoms with Crippen LogP contribution in [-0.4, -0.2) is 37.6 Å². The second-order valence-electron chi connectivity index (χ2n) is 8.58. The summed E-state index contributed by atoms with van der Waals surface area (Å²) in [6.45, 7) is 8.56. The van der Waals surface area contributed by atoms with Gasteiger partial charge in [0.2, 0.25) is 0 Å². The summed E-state index contributed by atoms with van der Waals surface area (Å²) >= 11 is 0. The third-order valence-corrected chi connectivity index (χ3v) is 6.43. The van der Waals surface area contributed by atoms with E-state index in [1.54, 1.807) is 0 Å². The van der Waals surface area contributed by atoms with Gasteiger partial charge in [-0.25, -0.2) is 0 Å².